The van der Waals surface area contributed by atoms with Crippen molar-refractivity contribution in [2.75, 3.05) is 11.6 Å². The molecule has 0 spiro atoms. The molecule has 0 bridgehead atoms. The van der Waals surface area contributed by atoms with Gasteiger partial charge in [0, 0.05) is 16.6 Å². The lowest BCUT2D eigenvalue weighted by atomic mass is 9.90. The number of benzene rings is 2. The second-order valence-electron chi connectivity index (χ2n) is 7.71. The molecule has 2 aliphatic rings. The van der Waals surface area contributed by atoms with E-state index >= 15 is 0 Å². The minimum Gasteiger partial charge on any atom is -0.473 e. The van der Waals surface area contributed by atoms with Crippen LogP contribution in [0.15, 0.2) is 39.5 Å². The smallest absolute Gasteiger partial charge is 0.339 e. The van der Waals surface area contributed by atoms with Gasteiger partial charge >= 0.3 is 5.63 Å². The monoisotopic (exact) mass is 361 g/mol. The first-order chi connectivity index (χ1) is 13.1. The molecule has 1 aromatic heterocycles. The number of hydrogen-bond acceptors (Lipinski definition) is 4. The summed E-state index contributed by atoms with van der Waals surface area (Å²) in [4.78, 5) is 14.8. The van der Waals surface area contributed by atoms with Crippen LogP contribution in [0.25, 0.3) is 11.0 Å². The number of ether oxygens (including phenoxy) is 1. The standard InChI is InChI=1S/C23H23NO3/c1-14-7-8-16(11-15(14)2)24-12-20-21(26-13-24)10-9-18-17-5-3-4-6-19(17)23(25)27-22(18)20/h7-11H,3-6,12-13H2,1-2H3. The van der Waals surface area contributed by atoms with Crippen molar-refractivity contribution in [2.24, 2.45) is 0 Å². The normalized spacial score (nSPS) is 16.0. The molecule has 3 aromatic rings. The lowest BCUT2D eigenvalue weighted by Gasteiger charge is -2.31. The summed E-state index contributed by atoms with van der Waals surface area (Å²) in [5, 5.41) is 1.08. The van der Waals surface area contributed by atoms with Gasteiger partial charge in [0.05, 0.1) is 12.1 Å². The molecule has 0 radical (unpaired) electrons. The van der Waals surface area contributed by atoms with E-state index in [1.807, 2.05) is 6.07 Å². The average Bonchev–Trinajstić information content (AvgIpc) is 2.70. The molecule has 2 heterocycles. The van der Waals surface area contributed by atoms with Crippen LogP contribution in [-0.4, -0.2) is 6.73 Å². The van der Waals surface area contributed by atoms with Crippen LogP contribution in [0.1, 0.15) is 40.7 Å². The molecule has 1 aliphatic carbocycles. The maximum atomic E-state index is 12.6. The topological polar surface area (TPSA) is 42.7 Å². The molecule has 5 rings (SSSR count). The van der Waals surface area contributed by atoms with Crippen LogP contribution in [-0.2, 0) is 19.4 Å². The highest BCUT2D eigenvalue weighted by molar-refractivity contribution is 5.86. The van der Waals surface area contributed by atoms with E-state index in [1.54, 1.807) is 0 Å². The molecule has 0 unspecified atom stereocenters. The van der Waals surface area contributed by atoms with Gasteiger partial charge in [-0.1, -0.05) is 6.07 Å². The summed E-state index contributed by atoms with van der Waals surface area (Å²) in [6.07, 6.45) is 3.99. The molecule has 0 atom stereocenters. The summed E-state index contributed by atoms with van der Waals surface area (Å²) < 4.78 is 11.8. The molecule has 0 fully saturated rings. The summed E-state index contributed by atoms with van der Waals surface area (Å²) in [6, 6.07) is 10.5. The maximum Gasteiger partial charge on any atom is 0.339 e. The third-order valence-electron chi connectivity index (χ3n) is 6.03. The van der Waals surface area contributed by atoms with E-state index in [4.69, 9.17) is 9.15 Å². The first-order valence-corrected chi connectivity index (χ1v) is 9.67. The Bertz CT molecular complexity index is 1110. The van der Waals surface area contributed by atoms with Gasteiger partial charge in [0.25, 0.3) is 0 Å². The van der Waals surface area contributed by atoms with Crippen LogP contribution in [0, 0.1) is 13.8 Å². The summed E-state index contributed by atoms with van der Waals surface area (Å²) in [5.41, 5.74) is 7.22. The summed E-state index contributed by atoms with van der Waals surface area (Å²) in [5.74, 6) is 0.821. The Morgan fingerprint density at radius 1 is 0.926 bits per heavy atom. The van der Waals surface area contributed by atoms with Crippen molar-refractivity contribution in [2.45, 2.75) is 46.1 Å². The quantitative estimate of drug-likeness (QED) is 0.592. The van der Waals surface area contributed by atoms with Crippen molar-refractivity contribution in [3.63, 3.8) is 0 Å². The predicted molar refractivity (Wildman–Crippen MR) is 107 cm³/mol. The third kappa shape index (κ3) is 2.62. The number of rotatable bonds is 1. The number of aryl methyl sites for hydroxylation is 3. The van der Waals surface area contributed by atoms with E-state index in [1.165, 1.54) is 16.7 Å². The van der Waals surface area contributed by atoms with Gasteiger partial charge in [-0.05, 0) is 80.5 Å². The Hall–Kier alpha value is -2.75. The van der Waals surface area contributed by atoms with Crippen LogP contribution in [0.3, 0.4) is 0 Å². The van der Waals surface area contributed by atoms with Crippen molar-refractivity contribution < 1.29 is 9.15 Å². The van der Waals surface area contributed by atoms with Crippen LogP contribution in [0.5, 0.6) is 5.75 Å². The Labute approximate surface area is 158 Å². The minimum absolute atomic E-state index is 0.172. The molecule has 4 heteroatoms. The zero-order chi connectivity index (χ0) is 18.5. The second kappa shape index (κ2) is 6.15. The van der Waals surface area contributed by atoms with Crippen molar-refractivity contribution >= 4 is 16.7 Å². The molecule has 0 amide bonds. The fourth-order valence-electron chi connectivity index (χ4n) is 4.30. The Balaban J connectivity index is 1.63. The highest BCUT2D eigenvalue weighted by atomic mass is 16.5. The zero-order valence-corrected chi connectivity index (χ0v) is 15.8. The molecular weight excluding hydrogens is 338 g/mol. The summed E-state index contributed by atoms with van der Waals surface area (Å²) in [7, 11) is 0. The maximum absolute atomic E-state index is 12.6. The SMILES string of the molecule is Cc1ccc(N2COc3ccc4c5c(c(=O)oc4c3C2)CCCC5)cc1C. The fraction of sp³-hybridized carbons (Fsp3) is 0.348. The fourth-order valence-corrected chi connectivity index (χ4v) is 4.30. The molecular formula is C23H23NO3. The van der Waals surface area contributed by atoms with E-state index in [0.717, 1.165) is 53.6 Å². The molecule has 0 saturated carbocycles. The van der Waals surface area contributed by atoms with Crippen LogP contribution >= 0.6 is 0 Å². The van der Waals surface area contributed by atoms with Gasteiger partial charge in [-0.2, -0.15) is 0 Å². The predicted octanol–water partition coefficient (Wildman–Crippen LogP) is 4.65. The number of anilines is 1. The van der Waals surface area contributed by atoms with Gasteiger partial charge in [0.2, 0.25) is 0 Å². The first kappa shape index (κ1) is 16.4. The van der Waals surface area contributed by atoms with E-state index in [0.29, 0.717) is 18.9 Å². The molecule has 4 nitrogen and oxygen atoms in total. The molecule has 0 N–H and O–H groups in total. The highest BCUT2D eigenvalue weighted by Gasteiger charge is 2.25. The Morgan fingerprint density at radius 2 is 1.74 bits per heavy atom. The Morgan fingerprint density at radius 3 is 2.56 bits per heavy atom. The Kier molecular flexibility index (Phi) is 3.74. The van der Waals surface area contributed by atoms with Gasteiger partial charge in [-0.15, -0.1) is 0 Å². The first-order valence-electron chi connectivity index (χ1n) is 9.67. The van der Waals surface area contributed by atoms with Gasteiger partial charge in [-0.25, -0.2) is 4.79 Å². The van der Waals surface area contributed by atoms with Crippen LogP contribution < -0.4 is 15.3 Å². The van der Waals surface area contributed by atoms with Gasteiger partial charge in [-0.3, -0.25) is 0 Å². The van der Waals surface area contributed by atoms with Gasteiger partial charge < -0.3 is 14.1 Å². The van der Waals surface area contributed by atoms with Gasteiger partial charge in [0.15, 0.2) is 6.73 Å². The molecule has 138 valence electrons. The molecule has 0 saturated heterocycles. The van der Waals surface area contributed by atoms with E-state index in [2.05, 4.69) is 43.0 Å². The highest BCUT2D eigenvalue weighted by Crippen LogP contribution is 2.37. The van der Waals surface area contributed by atoms with Crippen molar-refractivity contribution in [1.29, 1.82) is 0 Å². The van der Waals surface area contributed by atoms with Crippen molar-refractivity contribution in [3.05, 3.63) is 68.6 Å². The third-order valence-corrected chi connectivity index (χ3v) is 6.03. The second-order valence-corrected chi connectivity index (χ2v) is 7.71. The van der Waals surface area contributed by atoms with Crippen molar-refractivity contribution in [1.82, 2.24) is 0 Å². The number of nitrogens with zero attached hydrogens (tertiary/aromatic N) is 1. The zero-order valence-electron chi connectivity index (χ0n) is 15.8. The minimum atomic E-state index is -0.172. The largest absolute Gasteiger partial charge is 0.473 e. The molecule has 2 aromatic carbocycles. The number of hydrogen-bond donors (Lipinski definition) is 0. The molecule has 1 aliphatic heterocycles. The van der Waals surface area contributed by atoms with E-state index in [-0.39, 0.29) is 5.63 Å². The molecule has 27 heavy (non-hydrogen) atoms. The lowest BCUT2D eigenvalue weighted by Crippen LogP contribution is -2.32. The number of fused-ring (bicyclic) bond motifs is 5. The van der Waals surface area contributed by atoms with Crippen LogP contribution in [0.2, 0.25) is 0 Å². The van der Waals surface area contributed by atoms with Crippen molar-refractivity contribution in [3.8, 4) is 5.75 Å². The van der Waals surface area contributed by atoms with E-state index in [9.17, 15) is 4.79 Å². The van der Waals surface area contributed by atoms with Crippen LogP contribution in [0.4, 0.5) is 5.69 Å². The lowest BCUT2D eigenvalue weighted by molar-refractivity contribution is 0.289. The van der Waals surface area contributed by atoms with Gasteiger partial charge in [0.1, 0.15) is 11.3 Å². The average molecular weight is 361 g/mol. The summed E-state index contributed by atoms with van der Waals surface area (Å²) in [6.45, 7) is 5.41. The van der Waals surface area contributed by atoms with E-state index < -0.39 is 0 Å². The summed E-state index contributed by atoms with van der Waals surface area (Å²) >= 11 is 0.